The average molecular weight is 576 g/mol. The molecule has 3 aromatic rings. The van der Waals surface area contributed by atoms with Crippen molar-refractivity contribution in [2.45, 2.75) is 6.61 Å². The summed E-state index contributed by atoms with van der Waals surface area (Å²) in [6, 6.07) is 16.5. The molecule has 0 spiro atoms. The van der Waals surface area contributed by atoms with Gasteiger partial charge >= 0.3 is 0 Å². The van der Waals surface area contributed by atoms with Crippen LogP contribution in [0.3, 0.4) is 0 Å². The maximum atomic E-state index is 13.3. The van der Waals surface area contributed by atoms with Crippen LogP contribution in [0.1, 0.15) is 11.1 Å². The highest BCUT2D eigenvalue weighted by Gasteiger charge is 2.34. The maximum Gasteiger partial charge on any atom is 0.270 e. The number of nitrogens with one attached hydrogen (secondary N) is 1. The van der Waals surface area contributed by atoms with Crippen LogP contribution in [-0.4, -0.2) is 16.9 Å². The van der Waals surface area contributed by atoms with Crippen molar-refractivity contribution in [1.29, 1.82) is 0 Å². The van der Waals surface area contributed by atoms with Gasteiger partial charge in [0.05, 0.1) is 9.26 Å². The van der Waals surface area contributed by atoms with Gasteiger partial charge in [0.25, 0.3) is 11.8 Å². The Kier molecular flexibility index (Phi) is 6.80. The van der Waals surface area contributed by atoms with Gasteiger partial charge in [-0.15, -0.1) is 0 Å². The zero-order chi connectivity index (χ0) is 23.5. The molecule has 0 saturated carbocycles. The summed E-state index contributed by atoms with van der Waals surface area (Å²) in [7, 11) is 0. The Hall–Kier alpha value is -3.18. The third-order valence-corrected chi connectivity index (χ3v) is 5.89. The van der Waals surface area contributed by atoms with Crippen molar-refractivity contribution < 1.29 is 23.1 Å². The van der Waals surface area contributed by atoms with E-state index in [1.165, 1.54) is 42.5 Å². The van der Waals surface area contributed by atoms with Gasteiger partial charge in [0.2, 0.25) is 0 Å². The minimum atomic E-state index is -0.616. The second-order valence-electron chi connectivity index (χ2n) is 7.04. The molecule has 0 atom stereocenters. The molecule has 1 heterocycles. The maximum absolute atomic E-state index is 13.3. The Balaban J connectivity index is 1.55. The largest absolute Gasteiger partial charge is 0.488 e. The van der Waals surface area contributed by atoms with E-state index in [0.717, 1.165) is 14.0 Å². The minimum absolute atomic E-state index is 0.0760. The van der Waals surface area contributed by atoms with Crippen LogP contribution in [0.2, 0.25) is 0 Å². The first-order valence-electron chi connectivity index (χ1n) is 9.65. The van der Waals surface area contributed by atoms with Gasteiger partial charge in [0.15, 0.2) is 5.11 Å². The lowest BCUT2D eigenvalue weighted by atomic mass is 10.1. The number of halogens is 3. The van der Waals surface area contributed by atoms with E-state index in [0.29, 0.717) is 17.0 Å². The molecule has 166 valence electrons. The summed E-state index contributed by atoms with van der Waals surface area (Å²) in [6.07, 6.45) is 1.46. The molecule has 0 aliphatic carbocycles. The Labute approximate surface area is 207 Å². The number of benzene rings is 3. The molecule has 9 heteroatoms. The van der Waals surface area contributed by atoms with Crippen molar-refractivity contribution in [3.63, 3.8) is 0 Å². The van der Waals surface area contributed by atoms with Crippen LogP contribution >= 0.6 is 34.8 Å². The van der Waals surface area contributed by atoms with E-state index in [1.807, 2.05) is 0 Å². The number of anilines is 1. The van der Waals surface area contributed by atoms with Crippen LogP contribution in [-0.2, 0) is 16.2 Å². The van der Waals surface area contributed by atoms with Crippen molar-refractivity contribution in [3.8, 4) is 5.75 Å². The molecule has 1 saturated heterocycles. The Morgan fingerprint density at radius 2 is 1.61 bits per heavy atom. The number of amides is 2. The smallest absolute Gasteiger partial charge is 0.270 e. The van der Waals surface area contributed by atoms with Crippen LogP contribution in [0.5, 0.6) is 5.75 Å². The molecule has 2 amide bonds. The fraction of sp³-hybridized carbons (Fsp3) is 0.0417. The molecule has 0 bridgehead atoms. The summed E-state index contributed by atoms with van der Waals surface area (Å²) < 4.78 is 32.9. The average Bonchev–Trinajstić information content (AvgIpc) is 2.78. The lowest BCUT2D eigenvalue weighted by Gasteiger charge is -2.28. The quantitative estimate of drug-likeness (QED) is 0.202. The van der Waals surface area contributed by atoms with Crippen LogP contribution < -0.4 is 15.0 Å². The molecule has 1 aliphatic rings. The molecule has 0 radical (unpaired) electrons. The molecule has 1 fully saturated rings. The summed E-state index contributed by atoms with van der Waals surface area (Å²) in [5.74, 6) is -1.39. The number of thiocarbonyl (C=S) groups is 1. The summed E-state index contributed by atoms with van der Waals surface area (Å²) >= 11 is 7.23. The fourth-order valence-electron chi connectivity index (χ4n) is 3.11. The summed E-state index contributed by atoms with van der Waals surface area (Å²) in [5.41, 5.74) is 1.67. The Morgan fingerprint density at radius 3 is 2.24 bits per heavy atom. The molecule has 0 aromatic heterocycles. The van der Waals surface area contributed by atoms with Crippen molar-refractivity contribution in [2.24, 2.45) is 0 Å². The molecule has 4 rings (SSSR count). The lowest BCUT2D eigenvalue weighted by molar-refractivity contribution is -0.122. The van der Waals surface area contributed by atoms with Crippen molar-refractivity contribution in [1.82, 2.24) is 5.32 Å². The number of hydrogen-bond donors (Lipinski definition) is 1. The second kappa shape index (κ2) is 9.75. The number of ether oxygens (including phenoxy) is 1. The number of rotatable bonds is 5. The van der Waals surface area contributed by atoms with E-state index in [-0.39, 0.29) is 23.1 Å². The number of carbonyl (C=O) groups is 2. The summed E-state index contributed by atoms with van der Waals surface area (Å²) in [6.45, 7) is 0.266. The number of nitrogens with zero attached hydrogens (tertiary/aromatic N) is 1. The van der Waals surface area contributed by atoms with Gasteiger partial charge < -0.3 is 4.74 Å². The lowest BCUT2D eigenvalue weighted by Crippen LogP contribution is -2.54. The van der Waals surface area contributed by atoms with Gasteiger partial charge in [-0.05, 0) is 101 Å². The Morgan fingerprint density at radius 1 is 0.970 bits per heavy atom. The fourth-order valence-corrected chi connectivity index (χ4v) is 4.09. The topological polar surface area (TPSA) is 58.6 Å². The van der Waals surface area contributed by atoms with Gasteiger partial charge in [-0.1, -0.05) is 18.2 Å². The molecule has 0 unspecified atom stereocenters. The first-order valence-corrected chi connectivity index (χ1v) is 11.1. The van der Waals surface area contributed by atoms with E-state index >= 15 is 0 Å². The van der Waals surface area contributed by atoms with Gasteiger partial charge in [0.1, 0.15) is 29.6 Å². The van der Waals surface area contributed by atoms with Crippen LogP contribution in [0, 0.1) is 15.2 Å². The highest BCUT2D eigenvalue weighted by molar-refractivity contribution is 14.1. The number of carbonyl (C=O) groups excluding carboxylic acids is 2. The third-order valence-electron chi connectivity index (χ3n) is 4.76. The first-order chi connectivity index (χ1) is 15.8. The molecule has 1 aliphatic heterocycles. The van der Waals surface area contributed by atoms with Crippen molar-refractivity contribution in [2.75, 3.05) is 4.90 Å². The van der Waals surface area contributed by atoms with Crippen LogP contribution in [0.25, 0.3) is 6.08 Å². The Bertz CT molecular complexity index is 1280. The molecular formula is C24H15F2IN2O3S. The normalized spacial score (nSPS) is 15.1. The van der Waals surface area contributed by atoms with Gasteiger partial charge in [-0.3, -0.25) is 19.8 Å². The highest BCUT2D eigenvalue weighted by atomic mass is 127. The molecule has 5 nitrogen and oxygen atoms in total. The van der Waals surface area contributed by atoms with Crippen LogP contribution in [0.4, 0.5) is 14.5 Å². The number of hydrogen-bond acceptors (Lipinski definition) is 4. The predicted molar refractivity (Wildman–Crippen MR) is 132 cm³/mol. The van der Waals surface area contributed by atoms with E-state index < -0.39 is 17.6 Å². The summed E-state index contributed by atoms with van der Waals surface area (Å²) in [4.78, 5) is 26.6. The van der Waals surface area contributed by atoms with Gasteiger partial charge in [0, 0.05) is 0 Å². The molecule has 1 N–H and O–H groups in total. The zero-order valence-electron chi connectivity index (χ0n) is 16.8. The molecule has 3 aromatic carbocycles. The minimum Gasteiger partial charge on any atom is -0.488 e. The highest BCUT2D eigenvalue weighted by Crippen LogP contribution is 2.26. The first kappa shape index (κ1) is 23.0. The third kappa shape index (κ3) is 5.25. The van der Waals surface area contributed by atoms with Crippen molar-refractivity contribution >= 4 is 63.5 Å². The zero-order valence-corrected chi connectivity index (χ0v) is 19.8. The molecular weight excluding hydrogens is 561 g/mol. The SMILES string of the molecule is O=C1NC(=S)N(c2ccc(F)cc2)C(=O)/C1=C\c1ccc(OCc2ccc(F)cc2)c(I)c1. The second-order valence-corrected chi connectivity index (χ2v) is 8.59. The van der Waals surface area contributed by atoms with Gasteiger partial charge in [-0.25, -0.2) is 8.78 Å². The standard InChI is InChI=1S/C24H15F2IN2O3S/c25-16-4-1-14(2-5-16)13-32-21-10-3-15(12-20(21)27)11-19-22(30)28-24(33)29(23(19)31)18-8-6-17(26)7-9-18/h1-12H,13H2,(H,28,30,33)/b19-11-. The van der Waals surface area contributed by atoms with E-state index in [9.17, 15) is 18.4 Å². The summed E-state index contributed by atoms with van der Waals surface area (Å²) in [5, 5.41) is 2.42. The van der Waals surface area contributed by atoms with E-state index in [1.54, 1.807) is 30.3 Å². The van der Waals surface area contributed by atoms with Crippen molar-refractivity contribution in [3.05, 3.63) is 98.6 Å². The monoisotopic (exact) mass is 576 g/mol. The van der Waals surface area contributed by atoms with Gasteiger partial charge in [-0.2, -0.15) is 0 Å². The predicted octanol–water partition coefficient (Wildman–Crippen LogP) is 4.98. The van der Waals surface area contributed by atoms with E-state index in [4.69, 9.17) is 17.0 Å². The molecule has 33 heavy (non-hydrogen) atoms. The van der Waals surface area contributed by atoms with E-state index in [2.05, 4.69) is 27.9 Å². The van der Waals surface area contributed by atoms with Crippen LogP contribution in [0.15, 0.2) is 72.3 Å².